The maximum atomic E-state index is 14.0. The van der Waals surface area contributed by atoms with E-state index < -0.39 is 26.4 Å². The summed E-state index contributed by atoms with van der Waals surface area (Å²) in [5, 5.41) is -0.157. The third-order valence-electron chi connectivity index (χ3n) is 5.95. The van der Waals surface area contributed by atoms with Crippen LogP contribution in [-0.4, -0.2) is 25.7 Å². The molecule has 0 aromatic heterocycles. The first-order valence-electron chi connectivity index (χ1n) is 12.2. The van der Waals surface area contributed by atoms with Gasteiger partial charge in [0.25, 0.3) is 0 Å². The Morgan fingerprint density at radius 1 is 0.875 bits per heavy atom. The van der Waals surface area contributed by atoms with Gasteiger partial charge in [0.2, 0.25) is 0 Å². The van der Waals surface area contributed by atoms with Gasteiger partial charge in [0.1, 0.15) is 11.1 Å². The number of benzene rings is 3. The number of thioether (sulfide) groups is 1. The molecule has 0 aliphatic rings. The minimum absolute atomic E-state index is 0.0799. The van der Waals surface area contributed by atoms with Gasteiger partial charge in [-0.1, -0.05) is 72.2 Å². The van der Waals surface area contributed by atoms with Gasteiger partial charge in [-0.05, 0) is 59.7 Å². The molecule has 4 N–H and O–H groups in total. The van der Waals surface area contributed by atoms with Crippen LogP contribution in [0.5, 0.6) is 5.75 Å². The molecular formula is C27H31BrF2O7P2S. The summed E-state index contributed by atoms with van der Waals surface area (Å²) in [6.07, 6.45) is 0.546. The van der Waals surface area contributed by atoms with Gasteiger partial charge in [0.15, 0.2) is 0 Å². The topological polar surface area (TPSA) is 124 Å². The maximum absolute atomic E-state index is 14.0. The van der Waals surface area contributed by atoms with Gasteiger partial charge >= 0.3 is 20.9 Å². The molecule has 7 nitrogen and oxygen atoms in total. The van der Waals surface area contributed by atoms with Crippen molar-refractivity contribution in [1.82, 2.24) is 0 Å². The van der Waals surface area contributed by atoms with Gasteiger partial charge < -0.3 is 24.3 Å². The summed E-state index contributed by atoms with van der Waals surface area (Å²) in [7, 11) is -10.2. The van der Waals surface area contributed by atoms with E-state index in [0.29, 0.717) is 28.6 Å². The van der Waals surface area contributed by atoms with Gasteiger partial charge in [-0.2, -0.15) is 20.5 Å². The molecule has 0 saturated carbocycles. The molecule has 1 unspecified atom stereocenters. The fourth-order valence-electron chi connectivity index (χ4n) is 4.08. The lowest BCUT2D eigenvalue weighted by atomic mass is 10.0. The zero-order chi connectivity index (χ0) is 29.9. The summed E-state index contributed by atoms with van der Waals surface area (Å²) in [6.45, 7) is 5.97. The van der Waals surface area contributed by atoms with Crippen molar-refractivity contribution in [2.75, 3.05) is 0 Å². The average molecular weight is 679 g/mol. The Labute approximate surface area is 244 Å². The van der Waals surface area contributed by atoms with E-state index in [9.17, 15) is 27.7 Å². The fraction of sp³-hybridized carbons (Fsp3) is 0.333. The van der Waals surface area contributed by atoms with Crippen LogP contribution in [0.1, 0.15) is 43.9 Å². The summed E-state index contributed by atoms with van der Waals surface area (Å²) < 4.78 is 57.2. The van der Waals surface area contributed by atoms with Crippen molar-refractivity contribution in [3.63, 3.8) is 0 Å². The second-order valence-electron chi connectivity index (χ2n) is 9.87. The van der Waals surface area contributed by atoms with Crippen LogP contribution in [0, 0.1) is 5.92 Å². The first kappa shape index (κ1) is 33.0. The Bertz CT molecular complexity index is 1420. The molecule has 13 heteroatoms. The van der Waals surface area contributed by atoms with E-state index in [1.807, 2.05) is 45.0 Å². The zero-order valence-electron chi connectivity index (χ0n) is 22.0. The highest BCUT2D eigenvalue weighted by molar-refractivity contribution is 9.10. The second kappa shape index (κ2) is 13.2. The lowest BCUT2D eigenvalue weighted by molar-refractivity contribution is 0.0557. The van der Waals surface area contributed by atoms with Crippen molar-refractivity contribution < 1.29 is 42.2 Å². The van der Waals surface area contributed by atoms with E-state index in [1.165, 1.54) is 30.0 Å². The standard InChI is InChI=1S/C27H31BrF2O7P2S/c1-17(2)12-18(3)37-25-11-9-22(14-26(25)38(31,32)33)21-7-4-19(5-8-21)15-40-16-20-6-10-23(24(28)13-20)27(29,30)39(34,35)36/h4-11,13-14,17-18H,12,15-16H2,1-3H3,(H2,31,32,33)(H2,34,35,36). The highest BCUT2D eigenvalue weighted by atomic mass is 79.9. The van der Waals surface area contributed by atoms with E-state index in [-0.39, 0.29) is 21.6 Å². The monoisotopic (exact) mass is 678 g/mol. The Balaban J connectivity index is 1.68. The van der Waals surface area contributed by atoms with Crippen molar-refractivity contribution in [3.05, 3.63) is 81.8 Å². The maximum Gasteiger partial charge on any atom is 0.399 e. The van der Waals surface area contributed by atoms with E-state index >= 15 is 0 Å². The molecule has 3 aromatic carbocycles. The quantitative estimate of drug-likeness (QED) is 0.146. The van der Waals surface area contributed by atoms with E-state index in [4.69, 9.17) is 14.5 Å². The van der Waals surface area contributed by atoms with Crippen molar-refractivity contribution in [2.24, 2.45) is 5.92 Å². The molecule has 3 aromatic rings. The average Bonchev–Trinajstić information content (AvgIpc) is 2.83. The molecule has 0 aliphatic carbocycles. The molecule has 0 heterocycles. The van der Waals surface area contributed by atoms with Crippen molar-refractivity contribution >= 4 is 48.2 Å². The van der Waals surface area contributed by atoms with Gasteiger partial charge in [0.05, 0.1) is 6.10 Å². The molecule has 0 saturated heterocycles. The molecule has 3 rings (SSSR count). The first-order valence-corrected chi connectivity index (χ1v) is 17.4. The molecule has 0 spiro atoms. The highest BCUT2D eigenvalue weighted by Crippen LogP contribution is 2.60. The van der Waals surface area contributed by atoms with Crippen molar-refractivity contribution in [3.8, 4) is 16.9 Å². The molecule has 218 valence electrons. The van der Waals surface area contributed by atoms with Crippen LogP contribution < -0.4 is 10.0 Å². The van der Waals surface area contributed by atoms with E-state index in [0.717, 1.165) is 23.6 Å². The second-order valence-corrected chi connectivity index (χ2v) is 14.9. The normalized spacial score (nSPS) is 13.5. The third-order valence-corrected chi connectivity index (χ3v) is 9.63. The minimum atomic E-state index is -5.66. The van der Waals surface area contributed by atoms with Gasteiger partial charge in [0, 0.05) is 21.5 Å². The van der Waals surface area contributed by atoms with Crippen molar-refractivity contribution in [1.29, 1.82) is 0 Å². The predicted molar refractivity (Wildman–Crippen MR) is 158 cm³/mol. The van der Waals surface area contributed by atoms with Crippen LogP contribution in [-0.2, 0) is 26.3 Å². The Hall–Kier alpha value is -1.55. The third kappa shape index (κ3) is 8.49. The molecule has 40 heavy (non-hydrogen) atoms. The summed E-state index contributed by atoms with van der Waals surface area (Å²) >= 11 is 4.52. The Morgan fingerprint density at radius 3 is 2.00 bits per heavy atom. The molecule has 0 bridgehead atoms. The predicted octanol–water partition coefficient (Wildman–Crippen LogP) is 7.39. The van der Waals surface area contributed by atoms with E-state index in [1.54, 1.807) is 12.1 Å². The summed E-state index contributed by atoms with van der Waals surface area (Å²) in [6, 6.07) is 16.2. The first-order chi connectivity index (χ1) is 18.5. The molecule has 0 radical (unpaired) electrons. The molecular weight excluding hydrogens is 648 g/mol. The summed E-state index contributed by atoms with van der Waals surface area (Å²) in [4.78, 5) is 37.8. The van der Waals surface area contributed by atoms with Gasteiger partial charge in [-0.15, -0.1) is 0 Å². The van der Waals surface area contributed by atoms with Gasteiger partial charge in [-0.3, -0.25) is 9.13 Å². The lowest BCUT2D eigenvalue weighted by Gasteiger charge is -2.20. The molecule has 0 amide bonds. The Morgan fingerprint density at radius 2 is 1.45 bits per heavy atom. The summed E-state index contributed by atoms with van der Waals surface area (Å²) in [5.41, 5.74) is -1.96. The molecule has 1 atom stereocenters. The number of halogens is 3. The smallest absolute Gasteiger partial charge is 0.399 e. The van der Waals surface area contributed by atoms with E-state index in [2.05, 4.69) is 15.9 Å². The van der Waals surface area contributed by atoms with Crippen LogP contribution in [0.15, 0.2) is 65.1 Å². The highest BCUT2D eigenvalue weighted by Gasteiger charge is 2.51. The SMILES string of the molecule is CC(C)CC(C)Oc1ccc(-c2ccc(CSCc3ccc(C(F)(F)P(=O)(O)O)c(Br)c3)cc2)cc1P(=O)(O)O. The largest absolute Gasteiger partial charge is 0.490 e. The van der Waals surface area contributed by atoms with Crippen LogP contribution in [0.25, 0.3) is 11.1 Å². The van der Waals surface area contributed by atoms with Gasteiger partial charge in [-0.25, -0.2) is 0 Å². The fourth-order valence-corrected chi connectivity index (χ4v) is 7.09. The van der Waals surface area contributed by atoms with Crippen LogP contribution in [0.4, 0.5) is 8.78 Å². The number of rotatable bonds is 12. The van der Waals surface area contributed by atoms with Crippen LogP contribution >= 0.6 is 42.9 Å². The number of hydrogen-bond donors (Lipinski definition) is 4. The molecule has 0 fully saturated rings. The number of ether oxygens (including phenoxy) is 1. The Kier molecular flexibility index (Phi) is 10.9. The molecule has 0 aliphatic heterocycles. The zero-order valence-corrected chi connectivity index (χ0v) is 26.2. The van der Waals surface area contributed by atoms with Crippen LogP contribution in [0.3, 0.4) is 0 Å². The number of hydrogen-bond acceptors (Lipinski definition) is 4. The van der Waals surface area contributed by atoms with Crippen LogP contribution in [0.2, 0.25) is 0 Å². The number of alkyl halides is 2. The lowest BCUT2D eigenvalue weighted by Crippen LogP contribution is -2.19. The minimum Gasteiger partial charge on any atom is -0.490 e. The summed E-state index contributed by atoms with van der Waals surface area (Å²) in [5.74, 6) is 1.63. The van der Waals surface area contributed by atoms with Crippen molar-refractivity contribution in [2.45, 2.75) is 50.5 Å².